The van der Waals surface area contributed by atoms with Crippen molar-refractivity contribution in [3.05, 3.63) is 60.2 Å². The molecule has 1 amide bonds. The zero-order valence-corrected chi connectivity index (χ0v) is 16.6. The van der Waals surface area contributed by atoms with E-state index < -0.39 is 0 Å². The standard InChI is InChI=1S/C22H23N3O4/c1-27-19-10-15(11-20(28-2)22(19)29-3)13-24-25-21(26)14-23-18-9-8-16-6-4-5-7-17(16)12-18/h4-13,23H,14H2,1-3H3,(H,25,26)/b24-13-. The minimum absolute atomic E-state index is 0.102. The molecule has 3 rings (SSSR count). The van der Waals surface area contributed by atoms with Crippen LogP contribution in [0.5, 0.6) is 17.2 Å². The van der Waals surface area contributed by atoms with Gasteiger partial charge >= 0.3 is 0 Å². The summed E-state index contributed by atoms with van der Waals surface area (Å²) in [5.41, 5.74) is 4.06. The van der Waals surface area contributed by atoms with Gasteiger partial charge in [0.05, 0.1) is 34.1 Å². The molecule has 0 aliphatic rings. The average Bonchev–Trinajstić information content (AvgIpc) is 2.76. The van der Waals surface area contributed by atoms with E-state index in [1.54, 1.807) is 26.4 Å². The van der Waals surface area contributed by atoms with E-state index in [1.807, 2.05) is 42.5 Å². The lowest BCUT2D eigenvalue weighted by Crippen LogP contribution is -2.25. The molecule has 0 fully saturated rings. The first kappa shape index (κ1) is 20.0. The van der Waals surface area contributed by atoms with Crippen LogP contribution in [-0.2, 0) is 4.79 Å². The Balaban J connectivity index is 1.59. The molecule has 0 atom stereocenters. The monoisotopic (exact) mass is 393 g/mol. The smallest absolute Gasteiger partial charge is 0.259 e. The van der Waals surface area contributed by atoms with Crippen LogP contribution < -0.4 is 25.0 Å². The van der Waals surface area contributed by atoms with Gasteiger partial charge in [-0.2, -0.15) is 5.10 Å². The Morgan fingerprint density at radius 2 is 1.62 bits per heavy atom. The molecule has 3 aromatic carbocycles. The summed E-state index contributed by atoms with van der Waals surface area (Å²) >= 11 is 0. The normalized spacial score (nSPS) is 10.7. The minimum Gasteiger partial charge on any atom is -0.493 e. The highest BCUT2D eigenvalue weighted by atomic mass is 16.5. The fourth-order valence-corrected chi connectivity index (χ4v) is 2.88. The molecule has 0 spiro atoms. The summed E-state index contributed by atoms with van der Waals surface area (Å²) in [6.07, 6.45) is 1.51. The average molecular weight is 393 g/mol. The summed E-state index contributed by atoms with van der Waals surface area (Å²) in [5, 5.41) is 9.35. The van der Waals surface area contributed by atoms with Gasteiger partial charge in [0.15, 0.2) is 11.5 Å². The highest BCUT2D eigenvalue weighted by molar-refractivity contribution is 5.88. The van der Waals surface area contributed by atoms with E-state index in [1.165, 1.54) is 13.3 Å². The summed E-state index contributed by atoms with van der Waals surface area (Å²) in [4.78, 5) is 12.1. The van der Waals surface area contributed by atoms with Gasteiger partial charge in [-0.05, 0) is 35.0 Å². The quantitative estimate of drug-likeness (QED) is 0.453. The highest BCUT2D eigenvalue weighted by Gasteiger charge is 2.12. The molecule has 150 valence electrons. The number of fused-ring (bicyclic) bond motifs is 1. The van der Waals surface area contributed by atoms with Gasteiger partial charge in [0, 0.05) is 11.3 Å². The van der Waals surface area contributed by atoms with E-state index >= 15 is 0 Å². The number of benzene rings is 3. The Kier molecular flexibility index (Phi) is 6.52. The minimum atomic E-state index is -0.262. The van der Waals surface area contributed by atoms with E-state index in [0.717, 1.165) is 16.5 Å². The Hall–Kier alpha value is -3.74. The van der Waals surface area contributed by atoms with Crippen molar-refractivity contribution in [1.29, 1.82) is 0 Å². The van der Waals surface area contributed by atoms with Gasteiger partial charge in [0.1, 0.15) is 0 Å². The number of anilines is 1. The molecule has 0 saturated heterocycles. The topological polar surface area (TPSA) is 81.2 Å². The molecule has 2 N–H and O–H groups in total. The van der Waals surface area contributed by atoms with E-state index in [9.17, 15) is 4.79 Å². The third-order valence-electron chi connectivity index (χ3n) is 4.29. The van der Waals surface area contributed by atoms with Gasteiger partial charge in [-0.1, -0.05) is 30.3 Å². The maximum atomic E-state index is 12.1. The molecular weight excluding hydrogens is 370 g/mol. The summed E-state index contributed by atoms with van der Waals surface area (Å²) in [6.45, 7) is 0.102. The number of hydrazone groups is 1. The van der Waals surface area contributed by atoms with Crippen molar-refractivity contribution in [2.24, 2.45) is 5.10 Å². The Labute approximate surface area is 169 Å². The Bertz CT molecular complexity index is 1010. The third kappa shape index (κ3) is 4.95. The second-order valence-electron chi connectivity index (χ2n) is 6.17. The van der Waals surface area contributed by atoms with Crippen molar-refractivity contribution in [3.8, 4) is 17.2 Å². The van der Waals surface area contributed by atoms with E-state index in [0.29, 0.717) is 22.8 Å². The first-order chi connectivity index (χ1) is 14.1. The van der Waals surface area contributed by atoms with Crippen LogP contribution in [0.2, 0.25) is 0 Å². The third-order valence-corrected chi connectivity index (χ3v) is 4.29. The van der Waals surface area contributed by atoms with Crippen molar-refractivity contribution in [1.82, 2.24) is 5.43 Å². The van der Waals surface area contributed by atoms with Crippen LogP contribution in [-0.4, -0.2) is 40.0 Å². The van der Waals surface area contributed by atoms with Crippen LogP contribution in [0.15, 0.2) is 59.7 Å². The van der Waals surface area contributed by atoms with E-state index in [4.69, 9.17) is 14.2 Å². The molecule has 29 heavy (non-hydrogen) atoms. The van der Waals surface area contributed by atoms with Crippen LogP contribution in [0.3, 0.4) is 0 Å². The molecule has 3 aromatic rings. The predicted octanol–water partition coefficient (Wildman–Crippen LogP) is 3.43. The molecular formula is C22H23N3O4. The number of hydrogen-bond donors (Lipinski definition) is 2. The van der Waals surface area contributed by atoms with Crippen LogP contribution in [0, 0.1) is 0 Å². The molecule has 0 aliphatic heterocycles. The zero-order valence-electron chi connectivity index (χ0n) is 16.6. The second-order valence-corrected chi connectivity index (χ2v) is 6.17. The second kappa shape index (κ2) is 9.45. The first-order valence-corrected chi connectivity index (χ1v) is 8.99. The van der Waals surface area contributed by atoms with Crippen LogP contribution >= 0.6 is 0 Å². The summed E-state index contributed by atoms with van der Waals surface area (Å²) in [6, 6.07) is 17.5. The molecule has 0 heterocycles. The molecule has 0 bridgehead atoms. The lowest BCUT2D eigenvalue weighted by molar-refractivity contribution is -0.119. The number of carbonyl (C=O) groups excluding carboxylic acids is 1. The largest absolute Gasteiger partial charge is 0.493 e. The van der Waals surface area contributed by atoms with Crippen molar-refractivity contribution in [2.75, 3.05) is 33.2 Å². The fourth-order valence-electron chi connectivity index (χ4n) is 2.88. The van der Waals surface area contributed by atoms with Crippen molar-refractivity contribution < 1.29 is 19.0 Å². The van der Waals surface area contributed by atoms with Crippen LogP contribution in [0.25, 0.3) is 10.8 Å². The summed E-state index contributed by atoms with van der Waals surface area (Å²) in [5.74, 6) is 1.26. The number of nitrogens with one attached hydrogen (secondary N) is 2. The summed E-state index contributed by atoms with van der Waals surface area (Å²) < 4.78 is 15.9. The molecule has 0 unspecified atom stereocenters. The molecule has 0 aliphatic carbocycles. The number of ether oxygens (including phenoxy) is 3. The molecule has 7 nitrogen and oxygen atoms in total. The lowest BCUT2D eigenvalue weighted by atomic mass is 10.1. The van der Waals surface area contributed by atoms with Gasteiger partial charge in [-0.3, -0.25) is 4.79 Å². The number of nitrogens with zero attached hydrogens (tertiary/aromatic N) is 1. The van der Waals surface area contributed by atoms with E-state index in [-0.39, 0.29) is 12.5 Å². The number of hydrogen-bond acceptors (Lipinski definition) is 6. The van der Waals surface area contributed by atoms with Gasteiger partial charge in [0.2, 0.25) is 5.75 Å². The Morgan fingerprint density at radius 1 is 0.931 bits per heavy atom. The Morgan fingerprint density at radius 3 is 2.28 bits per heavy atom. The first-order valence-electron chi connectivity index (χ1n) is 8.99. The van der Waals surface area contributed by atoms with Gasteiger partial charge in [0.25, 0.3) is 5.91 Å². The number of carbonyl (C=O) groups is 1. The number of methoxy groups -OCH3 is 3. The zero-order chi connectivity index (χ0) is 20.6. The molecule has 0 aromatic heterocycles. The van der Waals surface area contributed by atoms with Gasteiger partial charge in [-0.25, -0.2) is 5.43 Å². The van der Waals surface area contributed by atoms with Crippen molar-refractivity contribution in [2.45, 2.75) is 0 Å². The predicted molar refractivity (Wildman–Crippen MR) is 114 cm³/mol. The maximum absolute atomic E-state index is 12.1. The van der Waals surface area contributed by atoms with Crippen LogP contribution in [0.1, 0.15) is 5.56 Å². The maximum Gasteiger partial charge on any atom is 0.259 e. The SMILES string of the molecule is COc1cc(/C=N\NC(=O)CNc2ccc3ccccc3c2)cc(OC)c1OC. The number of amides is 1. The fraction of sp³-hybridized carbons (Fsp3) is 0.182. The van der Waals surface area contributed by atoms with Gasteiger partial charge in [-0.15, -0.1) is 0 Å². The van der Waals surface area contributed by atoms with Crippen LogP contribution in [0.4, 0.5) is 5.69 Å². The van der Waals surface area contributed by atoms with E-state index in [2.05, 4.69) is 15.8 Å². The number of rotatable bonds is 8. The summed E-state index contributed by atoms with van der Waals surface area (Å²) in [7, 11) is 4.62. The van der Waals surface area contributed by atoms with Gasteiger partial charge < -0.3 is 19.5 Å². The molecule has 0 radical (unpaired) electrons. The highest BCUT2D eigenvalue weighted by Crippen LogP contribution is 2.37. The van der Waals surface area contributed by atoms with Crippen molar-refractivity contribution in [3.63, 3.8) is 0 Å². The molecule has 7 heteroatoms. The lowest BCUT2D eigenvalue weighted by Gasteiger charge is -2.12. The van der Waals surface area contributed by atoms with Crippen molar-refractivity contribution >= 4 is 28.6 Å². The molecule has 0 saturated carbocycles.